The zero-order valence-electron chi connectivity index (χ0n) is 12.5. The summed E-state index contributed by atoms with van der Waals surface area (Å²) >= 11 is 0. The smallest absolute Gasteiger partial charge is 0.238 e. The molecule has 0 spiro atoms. The van der Waals surface area contributed by atoms with Gasteiger partial charge in [-0.3, -0.25) is 9.69 Å². The molecule has 0 aliphatic carbocycles. The summed E-state index contributed by atoms with van der Waals surface area (Å²) in [6.45, 7) is 5.80. The van der Waals surface area contributed by atoms with Crippen molar-refractivity contribution in [1.82, 2.24) is 4.90 Å². The van der Waals surface area contributed by atoms with Crippen LogP contribution in [-0.2, 0) is 9.53 Å². The molecule has 0 saturated carbocycles. The van der Waals surface area contributed by atoms with Gasteiger partial charge in [0.05, 0.1) is 26.4 Å². The fraction of sp³-hybridized carbons (Fsp3) is 0.533. The van der Waals surface area contributed by atoms with Crippen molar-refractivity contribution in [3.8, 4) is 0 Å². The molecule has 112 valence electrons. The van der Waals surface area contributed by atoms with Crippen LogP contribution < -0.4 is 5.32 Å². The highest BCUT2D eigenvalue weighted by atomic mass is 16.5. The van der Waals surface area contributed by atoms with Gasteiger partial charge in [0.1, 0.15) is 0 Å². The molecule has 0 atom stereocenters. The van der Waals surface area contributed by atoms with E-state index in [0.29, 0.717) is 26.3 Å². The molecule has 0 unspecified atom stereocenters. The molecule has 1 aromatic rings. The molecule has 0 aliphatic heterocycles. The van der Waals surface area contributed by atoms with Gasteiger partial charge in [-0.1, -0.05) is 18.2 Å². The second kappa shape index (κ2) is 8.68. The monoisotopic (exact) mass is 280 g/mol. The van der Waals surface area contributed by atoms with Crippen LogP contribution in [0.4, 0.5) is 5.69 Å². The first-order valence-electron chi connectivity index (χ1n) is 6.77. The quantitative estimate of drug-likeness (QED) is 0.702. The van der Waals surface area contributed by atoms with Crippen LogP contribution in [-0.4, -0.2) is 55.9 Å². The molecular weight excluding hydrogens is 256 g/mol. The molecule has 0 heterocycles. The first-order valence-corrected chi connectivity index (χ1v) is 6.77. The van der Waals surface area contributed by atoms with Crippen molar-refractivity contribution in [3.63, 3.8) is 0 Å². The highest BCUT2D eigenvalue weighted by molar-refractivity contribution is 5.93. The van der Waals surface area contributed by atoms with Crippen molar-refractivity contribution in [2.75, 3.05) is 45.3 Å². The number of carbonyl (C=O) groups is 1. The number of amides is 1. The molecule has 1 rings (SSSR count). The minimum Gasteiger partial charge on any atom is -0.394 e. The molecule has 0 saturated heterocycles. The lowest BCUT2D eigenvalue weighted by molar-refractivity contribution is -0.117. The van der Waals surface area contributed by atoms with E-state index in [-0.39, 0.29) is 12.5 Å². The van der Waals surface area contributed by atoms with Crippen molar-refractivity contribution in [1.29, 1.82) is 0 Å². The summed E-state index contributed by atoms with van der Waals surface area (Å²) in [6, 6.07) is 5.94. The molecule has 5 heteroatoms. The number of nitrogens with zero attached hydrogens (tertiary/aromatic N) is 1. The second-order valence-corrected chi connectivity index (χ2v) is 4.89. The van der Waals surface area contributed by atoms with Gasteiger partial charge in [-0.25, -0.2) is 0 Å². The summed E-state index contributed by atoms with van der Waals surface area (Å²) in [6.07, 6.45) is 0. The van der Waals surface area contributed by atoms with Gasteiger partial charge in [0, 0.05) is 12.2 Å². The molecule has 0 radical (unpaired) electrons. The molecule has 5 nitrogen and oxygen atoms in total. The number of para-hydroxylation sites is 1. The lowest BCUT2D eigenvalue weighted by atomic mass is 10.1. The van der Waals surface area contributed by atoms with Gasteiger partial charge in [-0.05, 0) is 32.0 Å². The largest absolute Gasteiger partial charge is 0.394 e. The Bertz CT molecular complexity index is 415. The lowest BCUT2D eigenvalue weighted by Crippen LogP contribution is -2.33. The fourth-order valence-electron chi connectivity index (χ4n) is 1.90. The Labute approximate surface area is 120 Å². The third-order valence-corrected chi connectivity index (χ3v) is 3.01. The molecular formula is C15H24N2O3. The van der Waals surface area contributed by atoms with Crippen LogP contribution in [0, 0.1) is 13.8 Å². The van der Waals surface area contributed by atoms with E-state index in [2.05, 4.69) is 5.32 Å². The molecule has 20 heavy (non-hydrogen) atoms. The number of rotatable bonds is 8. The Morgan fingerprint density at radius 3 is 2.55 bits per heavy atom. The summed E-state index contributed by atoms with van der Waals surface area (Å²) in [5.41, 5.74) is 3.02. The van der Waals surface area contributed by atoms with E-state index < -0.39 is 0 Å². The zero-order valence-corrected chi connectivity index (χ0v) is 12.5. The summed E-state index contributed by atoms with van der Waals surface area (Å²) in [4.78, 5) is 13.9. The maximum atomic E-state index is 12.0. The van der Waals surface area contributed by atoms with Crippen LogP contribution in [0.15, 0.2) is 18.2 Å². The van der Waals surface area contributed by atoms with E-state index in [1.165, 1.54) is 0 Å². The average Bonchev–Trinajstić information content (AvgIpc) is 2.39. The van der Waals surface area contributed by atoms with Crippen LogP contribution in [0.1, 0.15) is 11.1 Å². The molecule has 0 aliphatic rings. The number of aryl methyl sites for hydroxylation is 2. The van der Waals surface area contributed by atoms with Gasteiger partial charge in [0.2, 0.25) is 5.91 Å². The van der Waals surface area contributed by atoms with Gasteiger partial charge in [-0.2, -0.15) is 0 Å². The molecule has 1 amide bonds. The van der Waals surface area contributed by atoms with E-state index in [9.17, 15) is 4.79 Å². The Morgan fingerprint density at radius 2 is 1.95 bits per heavy atom. The zero-order chi connectivity index (χ0) is 15.0. The minimum absolute atomic E-state index is 0.0246. The maximum absolute atomic E-state index is 12.0. The molecule has 2 N–H and O–H groups in total. The first kappa shape index (κ1) is 16.6. The van der Waals surface area contributed by atoms with Crippen molar-refractivity contribution in [2.24, 2.45) is 0 Å². The number of hydrogen-bond acceptors (Lipinski definition) is 4. The van der Waals surface area contributed by atoms with E-state index in [1.807, 2.05) is 44.0 Å². The lowest BCUT2D eigenvalue weighted by Gasteiger charge is -2.17. The SMILES string of the molecule is Cc1cccc(C)c1NC(=O)CN(C)CCOCCO. The second-order valence-electron chi connectivity index (χ2n) is 4.89. The normalized spacial score (nSPS) is 10.8. The van der Waals surface area contributed by atoms with Gasteiger partial charge in [0.25, 0.3) is 0 Å². The fourth-order valence-corrected chi connectivity index (χ4v) is 1.90. The Hall–Kier alpha value is -1.43. The highest BCUT2D eigenvalue weighted by Crippen LogP contribution is 2.19. The van der Waals surface area contributed by atoms with Crippen LogP contribution in [0.3, 0.4) is 0 Å². The van der Waals surface area contributed by atoms with Crippen molar-refractivity contribution < 1.29 is 14.6 Å². The maximum Gasteiger partial charge on any atom is 0.238 e. The summed E-state index contributed by atoms with van der Waals surface area (Å²) < 4.78 is 5.17. The van der Waals surface area contributed by atoms with Gasteiger partial charge in [0.15, 0.2) is 0 Å². The number of likely N-dealkylation sites (N-methyl/N-ethyl adjacent to an activating group) is 1. The number of benzene rings is 1. The molecule has 0 fully saturated rings. The van der Waals surface area contributed by atoms with Crippen molar-refractivity contribution >= 4 is 11.6 Å². The Kier molecular flexibility index (Phi) is 7.22. The predicted molar refractivity (Wildman–Crippen MR) is 79.9 cm³/mol. The van der Waals surface area contributed by atoms with E-state index >= 15 is 0 Å². The van der Waals surface area contributed by atoms with Crippen LogP contribution >= 0.6 is 0 Å². The first-order chi connectivity index (χ1) is 9.54. The van der Waals surface area contributed by atoms with E-state index in [1.54, 1.807) is 0 Å². The van der Waals surface area contributed by atoms with Crippen molar-refractivity contribution in [2.45, 2.75) is 13.8 Å². The van der Waals surface area contributed by atoms with Crippen LogP contribution in [0.2, 0.25) is 0 Å². The number of carbonyl (C=O) groups excluding carboxylic acids is 1. The van der Waals surface area contributed by atoms with Gasteiger partial charge < -0.3 is 15.2 Å². The summed E-state index contributed by atoms with van der Waals surface area (Å²) in [5, 5.41) is 11.5. The molecule has 1 aromatic carbocycles. The number of ether oxygens (including phenoxy) is 1. The Morgan fingerprint density at radius 1 is 1.30 bits per heavy atom. The third-order valence-electron chi connectivity index (χ3n) is 3.01. The Balaban J connectivity index is 2.39. The van der Waals surface area contributed by atoms with Crippen LogP contribution in [0.25, 0.3) is 0 Å². The average molecular weight is 280 g/mol. The van der Waals surface area contributed by atoms with Crippen molar-refractivity contribution in [3.05, 3.63) is 29.3 Å². The van der Waals surface area contributed by atoms with E-state index in [4.69, 9.17) is 9.84 Å². The number of aliphatic hydroxyl groups is 1. The number of anilines is 1. The third kappa shape index (κ3) is 5.69. The van der Waals surface area contributed by atoms with Gasteiger partial charge >= 0.3 is 0 Å². The predicted octanol–water partition coefficient (Wildman–Crippen LogP) is 1.18. The standard InChI is InChI=1S/C15H24N2O3/c1-12-5-4-6-13(2)15(12)16-14(19)11-17(3)7-9-20-10-8-18/h4-6,18H,7-11H2,1-3H3,(H,16,19). The topological polar surface area (TPSA) is 61.8 Å². The number of aliphatic hydroxyl groups excluding tert-OH is 1. The number of hydrogen-bond donors (Lipinski definition) is 2. The van der Waals surface area contributed by atoms with Gasteiger partial charge in [-0.15, -0.1) is 0 Å². The molecule has 0 bridgehead atoms. The molecule has 0 aromatic heterocycles. The van der Waals surface area contributed by atoms with Crippen LogP contribution in [0.5, 0.6) is 0 Å². The minimum atomic E-state index is -0.0351. The van der Waals surface area contributed by atoms with E-state index in [0.717, 1.165) is 16.8 Å². The summed E-state index contributed by atoms with van der Waals surface area (Å²) in [7, 11) is 1.87. The highest BCUT2D eigenvalue weighted by Gasteiger charge is 2.09. The number of nitrogens with one attached hydrogen (secondary N) is 1. The summed E-state index contributed by atoms with van der Waals surface area (Å²) in [5.74, 6) is -0.0351.